The number of likely N-dealkylation sites (N-methyl/N-ethyl adjacent to an activating group) is 1. The van der Waals surface area contributed by atoms with Crippen molar-refractivity contribution in [2.45, 2.75) is 13.8 Å². The van der Waals surface area contributed by atoms with E-state index in [2.05, 4.69) is 31.2 Å². The van der Waals surface area contributed by atoms with Crippen LogP contribution in [0.4, 0.5) is 5.69 Å². The molecule has 5 nitrogen and oxygen atoms in total. The topological polar surface area (TPSA) is 58.1 Å². The number of amides is 1. The molecule has 6 heteroatoms. The van der Waals surface area contributed by atoms with Gasteiger partial charge in [-0.2, -0.15) is 0 Å². The van der Waals surface area contributed by atoms with Crippen LogP contribution in [-0.2, 0) is 4.79 Å². The predicted octanol–water partition coefficient (Wildman–Crippen LogP) is 2.67. The Hall–Kier alpha value is -1.69. The molecule has 0 saturated heterocycles. The zero-order valence-corrected chi connectivity index (χ0v) is 13.1. The summed E-state index contributed by atoms with van der Waals surface area (Å²) >= 11 is 3.37. The molecule has 2 aromatic heterocycles. The van der Waals surface area contributed by atoms with Crippen molar-refractivity contribution < 1.29 is 4.79 Å². The van der Waals surface area contributed by atoms with Crippen molar-refractivity contribution in [1.82, 2.24) is 14.9 Å². The molecule has 20 heavy (non-hydrogen) atoms. The number of hydrogen-bond acceptors (Lipinski definition) is 4. The second-order valence-electron chi connectivity index (χ2n) is 4.30. The zero-order valence-electron chi connectivity index (χ0n) is 11.6. The molecular weight excluding hydrogens is 320 g/mol. The molecule has 0 aliphatic rings. The number of rotatable bonds is 5. The number of carbonyl (C=O) groups is 1. The minimum Gasteiger partial charge on any atom is -0.374 e. The van der Waals surface area contributed by atoms with Crippen LogP contribution in [0.3, 0.4) is 0 Å². The summed E-state index contributed by atoms with van der Waals surface area (Å²) in [6, 6.07) is 3.73. The van der Waals surface area contributed by atoms with Crippen molar-refractivity contribution in [3.63, 3.8) is 0 Å². The second-order valence-corrected chi connectivity index (χ2v) is 5.22. The van der Waals surface area contributed by atoms with E-state index < -0.39 is 0 Å². The maximum absolute atomic E-state index is 12.0. The monoisotopic (exact) mass is 336 g/mol. The third kappa shape index (κ3) is 3.25. The standard InChI is InChI=1S/C14H17BrN4O/c1-3-19(4-2)13(20)9-17-11-5-6-16-12-7-10(15)8-18-14(11)12/h5-8H,3-4,9H2,1-2H3,(H,16,17). The number of carbonyl (C=O) groups excluding carboxylic acids is 1. The lowest BCUT2D eigenvalue weighted by Gasteiger charge is -2.19. The first-order valence-corrected chi connectivity index (χ1v) is 7.37. The van der Waals surface area contributed by atoms with Crippen molar-refractivity contribution in [2.75, 3.05) is 25.0 Å². The number of hydrogen-bond donors (Lipinski definition) is 1. The molecule has 0 bridgehead atoms. The Balaban J connectivity index is 2.16. The van der Waals surface area contributed by atoms with Crippen LogP contribution in [0.25, 0.3) is 11.0 Å². The van der Waals surface area contributed by atoms with Gasteiger partial charge in [-0.3, -0.25) is 14.8 Å². The summed E-state index contributed by atoms with van der Waals surface area (Å²) in [6.45, 7) is 5.65. The highest BCUT2D eigenvalue weighted by atomic mass is 79.9. The fourth-order valence-corrected chi connectivity index (χ4v) is 2.33. The van der Waals surface area contributed by atoms with Gasteiger partial charge >= 0.3 is 0 Å². The third-order valence-corrected chi connectivity index (χ3v) is 3.52. The minimum atomic E-state index is 0.0806. The molecule has 0 fully saturated rings. The van der Waals surface area contributed by atoms with Crippen molar-refractivity contribution in [3.8, 4) is 0 Å². The van der Waals surface area contributed by atoms with E-state index in [-0.39, 0.29) is 12.5 Å². The number of halogens is 1. The molecule has 2 aromatic rings. The van der Waals surface area contributed by atoms with Crippen LogP contribution >= 0.6 is 15.9 Å². The summed E-state index contributed by atoms with van der Waals surface area (Å²) in [4.78, 5) is 22.4. The molecule has 0 unspecified atom stereocenters. The number of anilines is 1. The summed E-state index contributed by atoms with van der Waals surface area (Å²) in [6.07, 6.45) is 3.43. The van der Waals surface area contributed by atoms with Crippen LogP contribution in [0.15, 0.2) is 29.0 Å². The van der Waals surface area contributed by atoms with Crippen molar-refractivity contribution >= 4 is 38.6 Å². The SMILES string of the molecule is CCN(CC)C(=O)CNc1ccnc2cc(Br)cnc12. The maximum atomic E-state index is 12.0. The van der Waals surface area contributed by atoms with Crippen LogP contribution in [0.5, 0.6) is 0 Å². The number of fused-ring (bicyclic) bond motifs is 1. The van der Waals surface area contributed by atoms with Gasteiger partial charge in [-0.05, 0) is 41.9 Å². The Kier molecular flexibility index (Phi) is 4.89. The van der Waals surface area contributed by atoms with Gasteiger partial charge in [0.25, 0.3) is 0 Å². The Labute approximate surface area is 126 Å². The molecule has 0 atom stereocenters. The first-order valence-electron chi connectivity index (χ1n) is 6.57. The zero-order chi connectivity index (χ0) is 14.5. The number of pyridine rings is 2. The molecule has 0 aliphatic carbocycles. The van der Waals surface area contributed by atoms with Crippen molar-refractivity contribution in [1.29, 1.82) is 0 Å². The Bertz CT molecular complexity index is 613. The lowest BCUT2D eigenvalue weighted by molar-refractivity contribution is -0.128. The number of aromatic nitrogens is 2. The molecule has 2 rings (SSSR count). The summed E-state index contributed by atoms with van der Waals surface area (Å²) in [5.41, 5.74) is 2.38. The van der Waals surface area contributed by atoms with E-state index in [1.54, 1.807) is 17.3 Å². The molecule has 0 spiro atoms. The summed E-state index contributed by atoms with van der Waals surface area (Å²) < 4.78 is 0.883. The molecule has 0 radical (unpaired) electrons. The quantitative estimate of drug-likeness (QED) is 0.911. The second kappa shape index (κ2) is 6.65. The van der Waals surface area contributed by atoms with Gasteiger partial charge < -0.3 is 10.2 Å². The average molecular weight is 337 g/mol. The van der Waals surface area contributed by atoms with Crippen LogP contribution in [-0.4, -0.2) is 40.4 Å². The van der Waals surface area contributed by atoms with Gasteiger partial charge in [0.2, 0.25) is 5.91 Å². The first kappa shape index (κ1) is 14.7. The van der Waals surface area contributed by atoms with E-state index in [9.17, 15) is 4.79 Å². The first-order chi connectivity index (χ1) is 9.65. The molecule has 1 amide bonds. The van der Waals surface area contributed by atoms with E-state index in [4.69, 9.17) is 0 Å². The van der Waals surface area contributed by atoms with E-state index in [1.165, 1.54) is 0 Å². The van der Waals surface area contributed by atoms with Gasteiger partial charge in [-0.15, -0.1) is 0 Å². The van der Waals surface area contributed by atoms with Gasteiger partial charge in [-0.25, -0.2) is 0 Å². The minimum absolute atomic E-state index is 0.0806. The molecule has 2 heterocycles. The van der Waals surface area contributed by atoms with E-state index >= 15 is 0 Å². The van der Waals surface area contributed by atoms with Crippen LogP contribution in [0.1, 0.15) is 13.8 Å². The van der Waals surface area contributed by atoms with Crippen molar-refractivity contribution in [2.24, 2.45) is 0 Å². The van der Waals surface area contributed by atoms with Gasteiger partial charge in [-0.1, -0.05) is 0 Å². The normalized spacial score (nSPS) is 10.6. The summed E-state index contributed by atoms with van der Waals surface area (Å²) in [5, 5.41) is 3.15. The molecule has 0 aromatic carbocycles. The average Bonchev–Trinajstić information content (AvgIpc) is 2.45. The largest absolute Gasteiger partial charge is 0.374 e. The predicted molar refractivity (Wildman–Crippen MR) is 83.7 cm³/mol. The van der Waals surface area contributed by atoms with Crippen LogP contribution in [0, 0.1) is 0 Å². The molecule has 0 aliphatic heterocycles. The molecule has 1 N–H and O–H groups in total. The van der Waals surface area contributed by atoms with E-state index in [0.717, 1.165) is 34.3 Å². The Morgan fingerprint density at radius 2 is 2.10 bits per heavy atom. The van der Waals surface area contributed by atoms with E-state index in [0.29, 0.717) is 0 Å². The van der Waals surface area contributed by atoms with Gasteiger partial charge in [0.15, 0.2) is 0 Å². The van der Waals surface area contributed by atoms with Gasteiger partial charge in [0.1, 0.15) is 5.52 Å². The third-order valence-electron chi connectivity index (χ3n) is 3.09. The van der Waals surface area contributed by atoms with Crippen LogP contribution in [0.2, 0.25) is 0 Å². The van der Waals surface area contributed by atoms with Crippen LogP contribution < -0.4 is 5.32 Å². The highest BCUT2D eigenvalue weighted by Crippen LogP contribution is 2.21. The smallest absolute Gasteiger partial charge is 0.241 e. The summed E-state index contributed by atoms with van der Waals surface area (Å²) in [7, 11) is 0. The fourth-order valence-electron chi connectivity index (χ4n) is 2.01. The highest BCUT2D eigenvalue weighted by Gasteiger charge is 2.10. The number of nitrogens with one attached hydrogen (secondary N) is 1. The van der Waals surface area contributed by atoms with Crippen molar-refractivity contribution in [3.05, 3.63) is 29.0 Å². The van der Waals surface area contributed by atoms with Gasteiger partial charge in [0.05, 0.1) is 17.7 Å². The van der Waals surface area contributed by atoms with E-state index in [1.807, 2.05) is 26.0 Å². The Morgan fingerprint density at radius 1 is 1.35 bits per heavy atom. The molecule has 0 saturated carbocycles. The molecular formula is C14H17BrN4O. The number of nitrogens with zero attached hydrogens (tertiary/aromatic N) is 3. The molecule has 106 valence electrons. The fraction of sp³-hybridized carbons (Fsp3) is 0.357. The Morgan fingerprint density at radius 3 is 2.80 bits per heavy atom. The lowest BCUT2D eigenvalue weighted by atomic mass is 10.3. The van der Waals surface area contributed by atoms with Gasteiger partial charge in [0, 0.05) is 30.0 Å². The highest BCUT2D eigenvalue weighted by molar-refractivity contribution is 9.10. The maximum Gasteiger partial charge on any atom is 0.241 e. The lowest BCUT2D eigenvalue weighted by Crippen LogP contribution is -2.35. The summed E-state index contributed by atoms with van der Waals surface area (Å²) in [5.74, 6) is 0.0806.